The van der Waals surface area contributed by atoms with E-state index < -0.39 is 71.2 Å². The number of Topliss-reactive ketones (excluding diaryl/α,β-unsaturated/α-hetero) is 1. The maximum absolute atomic E-state index is 15.0. The average molecular weight is 637 g/mol. The van der Waals surface area contributed by atoms with Crippen LogP contribution in [-0.4, -0.2) is 68.2 Å². The molecule has 0 bridgehead atoms. The highest BCUT2D eigenvalue weighted by Crippen LogP contribution is 2.41. The Balaban J connectivity index is 1.73. The number of rotatable bonds is 12. The number of halogens is 2. The van der Waals surface area contributed by atoms with Crippen LogP contribution in [0.15, 0.2) is 60.8 Å². The number of aliphatic hydroxyl groups is 1. The zero-order chi connectivity index (χ0) is 33.9. The van der Waals surface area contributed by atoms with Crippen LogP contribution in [0.2, 0.25) is 0 Å². The van der Waals surface area contributed by atoms with Crippen molar-refractivity contribution in [2.24, 2.45) is 17.1 Å². The fraction of sp³-hybridized carbons (Fsp3) is 0.429. The minimum Gasteiger partial charge on any atom is -0.384 e. The number of hydrogen-bond donors (Lipinski definition) is 2. The lowest BCUT2D eigenvalue weighted by Gasteiger charge is -2.42. The van der Waals surface area contributed by atoms with E-state index in [1.54, 1.807) is 19.2 Å². The molecule has 4 atom stereocenters. The van der Waals surface area contributed by atoms with Gasteiger partial charge in [-0.25, -0.2) is 8.78 Å². The number of nitrogens with two attached hydrogens (primary N) is 1. The third kappa shape index (κ3) is 7.76. The lowest BCUT2D eigenvalue weighted by Crippen LogP contribution is -2.49. The zero-order valence-electron chi connectivity index (χ0n) is 26.9. The van der Waals surface area contributed by atoms with Gasteiger partial charge >= 0.3 is 0 Å². The van der Waals surface area contributed by atoms with Gasteiger partial charge in [0.25, 0.3) is 5.91 Å². The van der Waals surface area contributed by atoms with Gasteiger partial charge < -0.3 is 20.3 Å². The van der Waals surface area contributed by atoms with E-state index in [4.69, 9.17) is 5.73 Å². The molecule has 9 nitrogen and oxygen atoms in total. The summed E-state index contributed by atoms with van der Waals surface area (Å²) < 4.78 is 31.1. The third-order valence-electron chi connectivity index (χ3n) is 8.30. The number of likely N-dealkylation sites (tertiary alicyclic amines) is 1. The first-order valence-corrected chi connectivity index (χ1v) is 15.4. The van der Waals surface area contributed by atoms with Crippen molar-refractivity contribution in [2.75, 3.05) is 13.1 Å². The Morgan fingerprint density at radius 3 is 2.35 bits per heavy atom. The molecule has 0 spiro atoms. The van der Waals surface area contributed by atoms with Crippen LogP contribution in [0.1, 0.15) is 64.8 Å². The molecule has 4 rings (SSSR count). The van der Waals surface area contributed by atoms with Crippen LogP contribution >= 0.6 is 0 Å². The first-order valence-electron chi connectivity index (χ1n) is 15.4. The number of aliphatic hydroxyl groups excluding tert-OH is 1. The summed E-state index contributed by atoms with van der Waals surface area (Å²) in [6, 6.07) is 12.6. The van der Waals surface area contributed by atoms with Crippen molar-refractivity contribution < 1.29 is 33.1 Å². The molecule has 2 heterocycles. The number of amides is 3. The summed E-state index contributed by atoms with van der Waals surface area (Å²) in [7, 11) is 0. The second-order valence-electron chi connectivity index (χ2n) is 13.2. The Labute approximate surface area is 268 Å². The standard InChI is InChI=1S/C35H42F2N4O5/c1-21-15-31(44)41(33(21)45)20-30(43)28(38)13-14-40(34(46)22(2)42)32(35(3,4)5)29-16-24(26-17-25(36)11-12-27(26)37)19-39(29)18-23-9-7-6-8-10-23/h6-12,16-17,19,21-22,28,32,42H,13-15,18,20,38H2,1-5H3. The fourth-order valence-corrected chi connectivity index (χ4v) is 5.95. The lowest BCUT2D eigenvalue weighted by molar-refractivity contribution is -0.145. The molecule has 3 aromatic rings. The predicted octanol–water partition coefficient (Wildman–Crippen LogP) is 4.46. The first-order chi connectivity index (χ1) is 21.6. The molecule has 1 fully saturated rings. The summed E-state index contributed by atoms with van der Waals surface area (Å²) in [6.07, 6.45) is 0.343. The SMILES string of the molecule is CC(O)C(=O)N(CCC(N)C(=O)CN1C(=O)CC(C)C1=O)C(c1cc(-c2cc(F)ccc2F)cn1Cc1ccccc1)C(C)(C)C. The second-order valence-corrected chi connectivity index (χ2v) is 13.2. The molecule has 3 N–H and O–H groups in total. The highest BCUT2D eigenvalue weighted by atomic mass is 19.1. The number of nitrogens with zero attached hydrogens (tertiary/aromatic N) is 3. The molecule has 3 amide bonds. The number of aromatic nitrogens is 1. The Kier molecular flexibility index (Phi) is 10.6. The smallest absolute Gasteiger partial charge is 0.251 e. The Morgan fingerprint density at radius 2 is 1.76 bits per heavy atom. The number of imide groups is 1. The van der Waals surface area contributed by atoms with E-state index in [1.165, 1.54) is 11.8 Å². The van der Waals surface area contributed by atoms with E-state index in [9.17, 15) is 33.1 Å². The van der Waals surface area contributed by atoms with Gasteiger partial charge in [-0.1, -0.05) is 58.0 Å². The molecule has 1 saturated heterocycles. The molecular weight excluding hydrogens is 594 g/mol. The lowest BCUT2D eigenvalue weighted by atomic mass is 9.82. The molecule has 246 valence electrons. The number of carbonyl (C=O) groups excluding carboxylic acids is 4. The molecule has 11 heteroatoms. The molecule has 1 aliphatic rings. The highest BCUT2D eigenvalue weighted by molar-refractivity contribution is 6.06. The van der Waals surface area contributed by atoms with E-state index in [0.717, 1.165) is 28.7 Å². The van der Waals surface area contributed by atoms with Crippen LogP contribution in [0.25, 0.3) is 11.1 Å². The quantitative estimate of drug-likeness (QED) is 0.283. The monoisotopic (exact) mass is 636 g/mol. The Bertz CT molecular complexity index is 1600. The highest BCUT2D eigenvalue weighted by Gasteiger charge is 2.40. The van der Waals surface area contributed by atoms with Crippen LogP contribution in [0.5, 0.6) is 0 Å². The van der Waals surface area contributed by atoms with Crippen molar-refractivity contribution in [3.63, 3.8) is 0 Å². The van der Waals surface area contributed by atoms with Crippen LogP contribution in [0.4, 0.5) is 8.78 Å². The first kappa shape index (κ1) is 34.6. The summed E-state index contributed by atoms with van der Waals surface area (Å²) in [5, 5.41) is 10.5. The summed E-state index contributed by atoms with van der Waals surface area (Å²) >= 11 is 0. The number of ketones is 1. The van der Waals surface area contributed by atoms with E-state index in [0.29, 0.717) is 17.8 Å². The van der Waals surface area contributed by atoms with Crippen LogP contribution in [0, 0.1) is 23.0 Å². The van der Waals surface area contributed by atoms with E-state index >= 15 is 0 Å². The molecule has 0 aliphatic carbocycles. The van der Waals surface area contributed by atoms with Crippen molar-refractivity contribution in [1.29, 1.82) is 0 Å². The van der Waals surface area contributed by atoms with E-state index in [-0.39, 0.29) is 24.9 Å². The topological polar surface area (TPSA) is 126 Å². The summed E-state index contributed by atoms with van der Waals surface area (Å²) in [5.41, 5.74) is 7.59. The van der Waals surface area contributed by atoms with Gasteiger partial charge in [-0.15, -0.1) is 0 Å². The van der Waals surface area contributed by atoms with Gasteiger partial charge in [0.1, 0.15) is 17.7 Å². The molecule has 2 aromatic carbocycles. The zero-order valence-corrected chi connectivity index (χ0v) is 26.9. The minimum absolute atomic E-state index is 0.0135. The molecule has 0 saturated carbocycles. The van der Waals surface area contributed by atoms with Gasteiger partial charge in [-0.05, 0) is 48.6 Å². The van der Waals surface area contributed by atoms with Crippen molar-refractivity contribution in [2.45, 2.75) is 72.2 Å². The number of carbonyl (C=O) groups is 4. The average Bonchev–Trinajstić information content (AvgIpc) is 3.50. The van der Waals surface area contributed by atoms with E-state index in [2.05, 4.69) is 0 Å². The maximum Gasteiger partial charge on any atom is 0.251 e. The number of hydrogen-bond acceptors (Lipinski definition) is 6. The van der Waals surface area contributed by atoms with Crippen LogP contribution in [0.3, 0.4) is 0 Å². The summed E-state index contributed by atoms with van der Waals surface area (Å²) in [5.74, 6) is -3.69. The number of benzene rings is 2. The summed E-state index contributed by atoms with van der Waals surface area (Å²) in [4.78, 5) is 53.7. The predicted molar refractivity (Wildman–Crippen MR) is 169 cm³/mol. The minimum atomic E-state index is -1.39. The van der Waals surface area contributed by atoms with Gasteiger partial charge in [0.15, 0.2) is 5.78 Å². The van der Waals surface area contributed by atoms with Crippen molar-refractivity contribution in [3.8, 4) is 11.1 Å². The normalized spacial score (nSPS) is 17.2. The van der Waals surface area contributed by atoms with Crippen molar-refractivity contribution >= 4 is 23.5 Å². The van der Waals surface area contributed by atoms with Crippen molar-refractivity contribution in [3.05, 3.63) is 83.7 Å². The Morgan fingerprint density at radius 1 is 1.09 bits per heavy atom. The summed E-state index contributed by atoms with van der Waals surface area (Å²) in [6.45, 7) is 8.58. The molecular formula is C35H42F2N4O5. The van der Waals surface area contributed by atoms with Gasteiger partial charge in [0.2, 0.25) is 11.8 Å². The van der Waals surface area contributed by atoms with Crippen LogP contribution < -0.4 is 5.73 Å². The van der Waals surface area contributed by atoms with Crippen LogP contribution in [-0.2, 0) is 25.7 Å². The Hall–Kier alpha value is -4.22. The second kappa shape index (κ2) is 14.0. The van der Waals surface area contributed by atoms with Crippen molar-refractivity contribution in [1.82, 2.24) is 14.4 Å². The molecule has 46 heavy (non-hydrogen) atoms. The van der Waals surface area contributed by atoms with Gasteiger partial charge in [0, 0.05) is 48.4 Å². The largest absolute Gasteiger partial charge is 0.384 e. The van der Waals surface area contributed by atoms with E-state index in [1.807, 2.05) is 55.7 Å². The molecule has 0 radical (unpaired) electrons. The molecule has 1 aliphatic heterocycles. The van der Waals surface area contributed by atoms with Gasteiger partial charge in [0.05, 0.1) is 18.6 Å². The molecule has 1 aromatic heterocycles. The van der Waals surface area contributed by atoms with Gasteiger partial charge in [-0.3, -0.25) is 24.1 Å². The maximum atomic E-state index is 15.0. The molecule has 4 unspecified atom stereocenters. The fourth-order valence-electron chi connectivity index (χ4n) is 5.95. The third-order valence-corrected chi connectivity index (χ3v) is 8.30. The van der Waals surface area contributed by atoms with Gasteiger partial charge in [-0.2, -0.15) is 0 Å².